The van der Waals surface area contributed by atoms with E-state index in [0.717, 1.165) is 26.6 Å². The molecule has 32 heavy (non-hydrogen) atoms. The summed E-state index contributed by atoms with van der Waals surface area (Å²) in [5.74, 6) is 0.895. The number of hydrogen-bond acceptors (Lipinski definition) is 6. The van der Waals surface area contributed by atoms with Gasteiger partial charge in [-0.15, -0.1) is 22.7 Å². The summed E-state index contributed by atoms with van der Waals surface area (Å²) in [6.07, 6.45) is 0.320. The summed E-state index contributed by atoms with van der Waals surface area (Å²) >= 11 is 2.96. The van der Waals surface area contributed by atoms with E-state index in [9.17, 15) is 17.4 Å². The first-order chi connectivity index (χ1) is 15.2. The Balaban J connectivity index is 1.76. The van der Waals surface area contributed by atoms with Crippen LogP contribution in [0.2, 0.25) is 0 Å². The van der Waals surface area contributed by atoms with Crippen molar-refractivity contribution in [3.63, 3.8) is 0 Å². The SMILES string of the molecule is CCS(=O)c1c(-c2nc3cc(C(F)(F)F)ncc3n2C)sc2c(-c3cnn(C)c3)csc12. The molecule has 166 valence electrons. The number of imidazole rings is 1. The van der Waals surface area contributed by atoms with Crippen LogP contribution in [0.1, 0.15) is 12.6 Å². The normalized spacial score (nSPS) is 13.4. The van der Waals surface area contributed by atoms with Crippen molar-refractivity contribution in [1.29, 1.82) is 0 Å². The summed E-state index contributed by atoms with van der Waals surface area (Å²) < 4.78 is 57.7. The molecule has 1 unspecified atom stereocenters. The van der Waals surface area contributed by atoms with E-state index in [1.54, 1.807) is 22.5 Å². The van der Waals surface area contributed by atoms with Crippen LogP contribution in [0.15, 0.2) is 34.9 Å². The monoisotopic (exact) mass is 495 g/mol. The minimum absolute atomic E-state index is 0.197. The summed E-state index contributed by atoms with van der Waals surface area (Å²) in [6.45, 7) is 1.84. The van der Waals surface area contributed by atoms with E-state index < -0.39 is 22.7 Å². The van der Waals surface area contributed by atoms with Gasteiger partial charge in [-0.25, -0.2) is 9.97 Å². The molecule has 0 radical (unpaired) electrons. The Labute approximate surface area is 190 Å². The van der Waals surface area contributed by atoms with Gasteiger partial charge >= 0.3 is 6.18 Å². The molecule has 0 spiro atoms. The minimum atomic E-state index is -4.55. The van der Waals surface area contributed by atoms with E-state index in [-0.39, 0.29) is 5.52 Å². The molecule has 6 nitrogen and oxygen atoms in total. The molecule has 0 N–H and O–H groups in total. The predicted octanol–water partition coefficient (Wildman–Crippen LogP) is 5.46. The van der Waals surface area contributed by atoms with Gasteiger partial charge in [0.25, 0.3) is 0 Å². The van der Waals surface area contributed by atoms with Gasteiger partial charge in [0.15, 0.2) is 5.82 Å². The van der Waals surface area contributed by atoms with Crippen molar-refractivity contribution >= 4 is 53.9 Å². The number of nitrogens with zero attached hydrogens (tertiary/aromatic N) is 5. The maximum absolute atomic E-state index is 13.1. The van der Waals surface area contributed by atoms with Crippen molar-refractivity contribution in [2.75, 3.05) is 5.75 Å². The maximum Gasteiger partial charge on any atom is 0.433 e. The molecule has 5 aromatic rings. The lowest BCUT2D eigenvalue weighted by atomic mass is 10.2. The fourth-order valence-corrected chi connectivity index (χ4v) is 7.83. The van der Waals surface area contributed by atoms with Gasteiger partial charge in [0.05, 0.1) is 53.4 Å². The molecule has 0 bridgehead atoms. The van der Waals surface area contributed by atoms with Crippen LogP contribution in [-0.4, -0.2) is 34.3 Å². The molecule has 0 aromatic carbocycles. The minimum Gasteiger partial charge on any atom is -0.325 e. The van der Waals surface area contributed by atoms with Gasteiger partial charge in [-0.05, 0) is 6.07 Å². The second-order valence-electron chi connectivity index (χ2n) is 7.16. The Hall–Kier alpha value is -2.57. The van der Waals surface area contributed by atoms with Gasteiger partial charge in [-0.3, -0.25) is 8.89 Å². The van der Waals surface area contributed by atoms with Gasteiger partial charge in [0.1, 0.15) is 5.69 Å². The van der Waals surface area contributed by atoms with Gasteiger partial charge < -0.3 is 4.57 Å². The van der Waals surface area contributed by atoms with Crippen molar-refractivity contribution in [3.05, 3.63) is 35.7 Å². The molecule has 0 saturated carbocycles. The van der Waals surface area contributed by atoms with Crippen molar-refractivity contribution in [2.45, 2.75) is 18.0 Å². The van der Waals surface area contributed by atoms with E-state index in [2.05, 4.69) is 15.1 Å². The van der Waals surface area contributed by atoms with Crippen LogP contribution in [-0.2, 0) is 31.1 Å². The van der Waals surface area contributed by atoms with Gasteiger partial charge in [-0.1, -0.05) is 6.92 Å². The van der Waals surface area contributed by atoms with Crippen molar-refractivity contribution < 1.29 is 17.4 Å². The largest absolute Gasteiger partial charge is 0.433 e. The molecule has 0 aliphatic rings. The highest BCUT2D eigenvalue weighted by atomic mass is 32.2. The molecule has 5 aromatic heterocycles. The highest BCUT2D eigenvalue weighted by molar-refractivity contribution is 7.85. The molecule has 5 heterocycles. The molecule has 5 rings (SSSR count). The number of aromatic nitrogens is 5. The number of thiophene rings is 2. The number of hydrogen-bond donors (Lipinski definition) is 0. The average molecular weight is 496 g/mol. The predicted molar refractivity (Wildman–Crippen MR) is 121 cm³/mol. The molecule has 0 aliphatic heterocycles. The molecular weight excluding hydrogens is 479 g/mol. The van der Waals surface area contributed by atoms with Gasteiger partial charge in [0.2, 0.25) is 0 Å². The number of alkyl halides is 3. The van der Waals surface area contributed by atoms with Crippen LogP contribution in [0.5, 0.6) is 0 Å². The number of pyridine rings is 1. The van der Waals surface area contributed by atoms with Crippen LogP contribution < -0.4 is 0 Å². The number of rotatable bonds is 4. The van der Waals surface area contributed by atoms with Crippen LogP contribution in [0, 0.1) is 0 Å². The third-order valence-electron chi connectivity index (χ3n) is 5.13. The Morgan fingerprint density at radius 2 is 1.97 bits per heavy atom. The van der Waals surface area contributed by atoms with Crippen LogP contribution in [0.25, 0.3) is 42.3 Å². The zero-order valence-corrected chi connectivity index (χ0v) is 19.5. The standard InChI is InChI=1S/C20H16F3N5OS3/c1-4-32(29)18-16-15(11(9-30-16)10-6-25-27(2)8-10)31-17(18)19-26-12-5-14(20(21,22)23)24-7-13(12)28(19)3/h5-9H,4H2,1-3H3. The lowest BCUT2D eigenvalue weighted by Gasteiger charge is -2.05. The van der Waals surface area contributed by atoms with Gasteiger partial charge in [-0.2, -0.15) is 18.3 Å². The smallest absolute Gasteiger partial charge is 0.325 e. The van der Waals surface area contributed by atoms with E-state index in [4.69, 9.17) is 0 Å². The third-order valence-corrected chi connectivity index (χ3v) is 9.12. The quantitative estimate of drug-likeness (QED) is 0.332. The molecule has 12 heteroatoms. The van der Waals surface area contributed by atoms with Crippen molar-refractivity contribution in [2.24, 2.45) is 14.1 Å². The first-order valence-electron chi connectivity index (χ1n) is 9.50. The lowest BCUT2D eigenvalue weighted by Crippen LogP contribution is -2.07. The summed E-state index contributed by atoms with van der Waals surface area (Å²) in [5, 5.41) is 6.26. The number of halogens is 3. The van der Waals surface area contributed by atoms with Crippen LogP contribution in [0.3, 0.4) is 0 Å². The fraction of sp³-hybridized carbons (Fsp3) is 0.250. The molecule has 0 saturated heterocycles. The second-order valence-corrected chi connectivity index (χ2v) is 10.7. The van der Waals surface area contributed by atoms with Crippen LogP contribution >= 0.6 is 22.7 Å². The van der Waals surface area contributed by atoms with E-state index >= 15 is 0 Å². The fourth-order valence-electron chi connectivity index (χ4n) is 3.56. The topological polar surface area (TPSA) is 65.6 Å². The van der Waals surface area contributed by atoms with Crippen molar-refractivity contribution in [3.8, 4) is 21.8 Å². The Kier molecular flexibility index (Phi) is 4.98. The van der Waals surface area contributed by atoms with Crippen molar-refractivity contribution in [1.82, 2.24) is 24.3 Å². The zero-order valence-electron chi connectivity index (χ0n) is 17.1. The first kappa shape index (κ1) is 21.3. The average Bonchev–Trinajstić information content (AvgIpc) is 3.49. The lowest BCUT2D eigenvalue weighted by molar-refractivity contribution is -0.141. The summed E-state index contributed by atoms with van der Waals surface area (Å²) in [4.78, 5) is 9.44. The van der Waals surface area contributed by atoms with E-state index in [1.807, 2.05) is 25.5 Å². The zero-order chi connectivity index (χ0) is 22.8. The second kappa shape index (κ2) is 7.49. The maximum atomic E-state index is 13.1. The highest BCUT2D eigenvalue weighted by Crippen LogP contribution is 2.48. The summed E-state index contributed by atoms with van der Waals surface area (Å²) in [5.41, 5.74) is 1.62. The Bertz CT molecular complexity index is 1510. The van der Waals surface area contributed by atoms with E-state index in [1.165, 1.54) is 28.9 Å². The van der Waals surface area contributed by atoms with E-state index in [0.29, 0.717) is 26.9 Å². The molecule has 0 aliphatic carbocycles. The number of fused-ring (bicyclic) bond motifs is 2. The molecule has 0 amide bonds. The molecule has 0 fully saturated rings. The first-order valence-corrected chi connectivity index (χ1v) is 12.5. The number of aryl methyl sites for hydroxylation is 2. The Morgan fingerprint density at radius 1 is 1.19 bits per heavy atom. The van der Waals surface area contributed by atoms with Crippen LogP contribution in [0.4, 0.5) is 13.2 Å². The summed E-state index contributed by atoms with van der Waals surface area (Å²) in [6, 6.07) is 0.951. The Morgan fingerprint density at radius 3 is 2.62 bits per heavy atom. The molecular formula is C20H16F3N5OS3. The molecule has 1 atom stereocenters. The third kappa shape index (κ3) is 3.28. The van der Waals surface area contributed by atoms with Gasteiger partial charge in [0, 0.05) is 42.6 Å². The summed E-state index contributed by atoms with van der Waals surface area (Å²) in [7, 11) is 2.29. The highest BCUT2D eigenvalue weighted by Gasteiger charge is 2.33.